The van der Waals surface area contributed by atoms with Crippen molar-refractivity contribution < 1.29 is 13.2 Å². The molecule has 0 heterocycles. The third kappa shape index (κ3) is 5.83. The second-order valence-electron chi connectivity index (χ2n) is 0.717. The molecule has 0 saturated heterocycles. The van der Waals surface area contributed by atoms with E-state index in [-0.39, 0.29) is 0 Å². The van der Waals surface area contributed by atoms with Crippen LogP contribution < -0.4 is 0 Å². The predicted molar refractivity (Wildman–Crippen MR) is 22.8 cm³/mol. The molecule has 0 unspecified atom stereocenters. The van der Waals surface area contributed by atoms with Crippen molar-refractivity contribution in [3.05, 3.63) is 0 Å². The van der Waals surface area contributed by atoms with Gasteiger partial charge in [-0.1, -0.05) is 0 Å². The van der Waals surface area contributed by atoms with Crippen LogP contribution in [0.5, 0.6) is 0 Å². The van der Waals surface area contributed by atoms with Crippen molar-refractivity contribution in [2.24, 2.45) is 0 Å². The fraction of sp³-hybridized carbons (Fsp3) is 0.333. The molecule has 0 aliphatic carbocycles. The number of alkyl halides is 3. The number of halogens is 4. The Labute approximate surface area is 46.8 Å². The highest BCUT2D eigenvalue weighted by Crippen LogP contribution is 2.11. The first kappa shape index (κ1) is 6.83. The van der Waals surface area contributed by atoms with Gasteiger partial charge < -0.3 is 0 Å². The summed E-state index contributed by atoms with van der Waals surface area (Å²) in [7, 11) is 0. The first-order valence-corrected chi connectivity index (χ1v) is 2.05. The highest BCUT2D eigenvalue weighted by molar-refractivity contribution is 9.12. The maximum absolute atomic E-state index is 10.9. The van der Waals surface area contributed by atoms with Crippen LogP contribution in [0.1, 0.15) is 0 Å². The van der Waals surface area contributed by atoms with Gasteiger partial charge in [-0.15, -0.1) is 0 Å². The molecule has 0 rings (SSSR count). The molecule has 0 aromatic carbocycles. The Morgan fingerprint density at radius 2 is 1.71 bits per heavy atom. The normalized spacial score (nSPS) is 9.71. The molecule has 0 aliphatic rings. The molecule has 0 bridgehead atoms. The maximum atomic E-state index is 10.9. The van der Waals surface area contributed by atoms with E-state index in [1.54, 1.807) is 4.83 Å². The van der Waals surface area contributed by atoms with Gasteiger partial charge in [0.2, 0.25) is 0 Å². The fourth-order valence-corrected chi connectivity index (χ4v) is 0.278. The summed E-state index contributed by atoms with van der Waals surface area (Å²) >= 11 is 2.30. The molecule has 0 saturated carbocycles. The van der Waals surface area contributed by atoms with E-state index in [1.807, 2.05) is 0 Å². The minimum Gasteiger partial charge on any atom is -0.159 e. The predicted octanol–water partition coefficient (Wildman–Crippen LogP) is 1.90. The topological polar surface area (TPSA) is 0 Å². The lowest BCUT2D eigenvalue weighted by Gasteiger charge is -1.88. The second-order valence-corrected chi connectivity index (χ2v) is 1.11. The summed E-state index contributed by atoms with van der Waals surface area (Å²) in [6, 6.07) is 0. The molecule has 0 aromatic heterocycles. The molecule has 0 fully saturated rings. The zero-order chi connectivity index (χ0) is 5.91. The van der Waals surface area contributed by atoms with Gasteiger partial charge in [-0.2, -0.15) is 13.2 Å². The van der Waals surface area contributed by atoms with Gasteiger partial charge in [-0.3, -0.25) is 0 Å². The van der Waals surface area contributed by atoms with Crippen LogP contribution in [0.4, 0.5) is 13.2 Å². The Morgan fingerprint density at radius 1 is 1.29 bits per heavy atom. The Hall–Kier alpha value is -0.170. The van der Waals surface area contributed by atoms with Crippen LogP contribution >= 0.6 is 15.9 Å². The van der Waals surface area contributed by atoms with E-state index in [9.17, 15) is 13.2 Å². The molecule has 0 amide bonds. The first-order chi connectivity index (χ1) is 3.06. The summed E-state index contributed by atoms with van der Waals surface area (Å²) in [6.45, 7) is 0. The lowest BCUT2D eigenvalue weighted by atomic mass is 10.7. The smallest absolute Gasteiger partial charge is 0.159 e. The van der Waals surface area contributed by atoms with E-state index in [1.165, 1.54) is 0 Å². The van der Waals surface area contributed by atoms with Gasteiger partial charge in [0.1, 0.15) is 0 Å². The fourth-order valence-electron chi connectivity index (χ4n) is 0.0536. The Kier molecular flexibility index (Phi) is 2.16. The van der Waals surface area contributed by atoms with Crippen molar-refractivity contribution in [3.63, 3.8) is 0 Å². The standard InChI is InChI=1S/C3BrF3/c4-2-1-3(5,6)7. The molecular weight excluding hydrogens is 173 g/mol. The Balaban J connectivity index is 3.72. The lowest BCUT2D eigenvalue weighted by molar-refractivity contribution is -0.0695. The highest BCUT2D eigenvalue weighted by Gasteiger charge is 2.22. The van der Waals surface area contributed by atoms with Gasteiger partial charge in [0.05, 0.1) is 0 Å². The average molecular weight is 173 g/mol. The monoisotopic (exact) mass is 172 g/mol. The van der Waals surface area contributed by atoms with Gasteiger partial charge in [-0.25, -0.2) is 0 Å². The Morgan fingerprint density at radius 3 is 1.71 bits per heavy atom. The van der Waals surface area contributed by atoms with Crippen LogP contribution in [0.15, 0.2) is 0 Å². The quantitative estimate of drug-likeness (QED) is 0.490. The van der Waals surface area contributed by atoms with Gasteiger partial charge in [0, 0.05) is 21.9 Å². The summed E-state index contributed by atoms with van der Waals surface area (Å²) in [5.74, 6) is 0.951. The zero-order valence-corrected chi connectivity index (χ0v) is 4.60. The van der Waals surface area contributed by atoms with E-state index in [0.717, 1.165) is 5.92 Å². The molecular formula is C3BrF3. The van der Waals surface area contributed by atoms with E-state index >= 15 is 0 Å². The molecule has 40 valence electrons. The van der Waals surface area contributed by atoms with Gasteiger partial charge in [0.25, 0.3) is 0 Å². The summed E-state index contributed by atoms with van der Waals surface area (Å²) < 4.78 is 32.6. The van der Waals surface area contributed by atoms with E-state index < -0.39 is 6.18 Å². The minimum atomic E-state index is -4.36. The molecule has 7 heavy (non-hydrogen) atoms. The van der Waals surface area contributed by atoms with Crippen molar-refractivity contribution in [2.75, 3.05) is 0 Å². The SMILES string of the molecule is FC(F)(F)C#CBr. The number of rotatable bonds is 0. The third-order valence-corrected chi connectivity index (χ3v) is 0.387. The maximum Gasteiger partial charge on any atom is 0.458 e. The largest absolute Gasteiger partial charge is 0.458 e. The number of hydrogen-bond donors (Lipinski definition) is 0. The van der Waals surface area contributed by atoms with Crippen LogP contribution in [0.3, 0.4) is 0 Å². The third-order valence-electron chi connectivity index (χ3n) is 0.189. The van der Waals surface area contributed by atoms with Crippen LogP contribution in [0, 0.1) is 10.8 Å². The van der Waals surface area contributed by atoms with Crippen LogP contribution in [0.25, 0.3) is 0 Å². The molecule has 0 radical (unpaired) electrons. The van der Waals surface area contributed by atoms with E-state index in [0.29, 0.717) is 0 Å². The van der Waals surface area contributed by atoms with Crippen LogP contribution in [-0.2, 0) is 0 Å². The van der Waals surface area contributed by atoms with Crippen molar-refractivity contribution in [2.45, 2.75) is 6.18 Å². The number of hydrogen-bond acceptors (Lipinski definition) is 0. The van der Waals surface area contributed by atoms with Crippen LogP contribution in [-0.4, -0.2) is 6.18 Å². The summed E-state index contributed by atoms with van der Waals surface area (Å²) in [5, 5.41) is 0. The van der Waals surface area contributed by atoms with E-state index in [2.05, 4.69) is 15.9 Å². The zero-order valence-electron chi connectivity index (χ0n) is 3.01. The summed E-state index contributed by atoms with van der Waals surface area (Å²) in [6.07, 6.45) is -4.36. The first-order valence-electron chi connectivity index (χ1n) is 1.26. The average Bonchev–Trinajstić information content (AvgIpc) is 1.30. The molecule has 4 heteroatoms. The van der Waals surface area contributed by atoms with Crippen molar-refractivity contribution in [1.82, 2.24) is 0 Å². The highest BCUT2D eigenvalue weighted by atomic mass is 79.9. The van der Waals surface area contributed by atoms with Crippen molar-refractivity contribution in [3.8, 4) is 10.8 Å². The summed E-state index contributed by atoms with van der Waals surface area (Å²) in [4.78, 5) is 1.55. The van der Waals surface area contributed by atoms with Gasteiger partial charge in [0.15, 0.2) is 0 Å². The Bertz CT molecular complexity index is 104. The molecule has 0 N–H and O–H groups in total. The van der Waals surface area contributed by atoms with E-state index in [4.69, 9.17) is 0 Å². The van der Waals surface area contributed by atoms with Gasteiger partial charge >= 0.3 is 6.18 Å². The lowest BCUT2D eigenvalue weighted by Crippen LogP contribution is -2.00. The van der Waals surface area contributed by atoms with Crippen molar-refractivity contribution in [1.29, 1.82) is 0 Å². The molecule has 0 atom stereocenters. The molecule has 0 aliphatic heterocycles. The van der Waals surface area contributed by atoms with Crippen LogP contribution in [0.2, 0.25) is 0 Å². The summed E-state index contributed by atoms with van der Waals surface area (Å²) in [5.41, 5.74) is 0. The van der Waals surface area contributed by atoms with Crippen molar-refractivity contribution >= 4 is 15.9 Å². The molecule has 0 nitrogen and oxygen atoms in total. The molecule has 0 aromatic rings. The second kappa shape index (κ2) is 2.22. The molecule has 0 spiro atoms. The minimum absolute atomic E-state index is 0.951. The van der Waals surface area contributed by atoms with Gasteiger partial charge in [-0.05, 0) is 4.83 Å².